The zero-order valence-corrected chi connectivity index (χ0v) is 10.9. The minimum absolute atomic E-state index is 0.137. The molecule has 102 valence electrons. The Labute approximate surface area is 119 Å². The predicted octanol–water partition coefficient (Wildman–Crippen LogP) is 2.81. The summed E-state index contributed by atoms with van der Waals surface area (Å²) in [6.07, 6.45) is 2.32. The first kappa shape index (κ1) is 12.9. The average molecular weight is 278 g/mol. The number of aldehydes is 1. The second kappa shape index (κ2) is 5.13. The van der Waals surface area contributed by atoms with Crippen LogP contribution in [0.15, 0.2) is 48.7 Å². The van der Waals surface area contributed by atoms with Crippen molar-refractivity contribution in [3.63, 3.8) is 0 Å². The van der Waals surface area contributed by atoms with Crippen molar-refractivity contribution in [3.05, 3.63) is 59.8 Å². The van der Waals surface area contributed by atoms with E-state index in [1.54, 1.807) is 42.6 Å². The number of pyridine rings is 2. The first-order valence-electron chi connectivity index (χ1n) is 6.24. The lowest BCUT2D eigenvalue weighted by molar-refractivity contribution is 0.0699. The highest BCUT2D eigenvalue weighted by Gasteiger charge is 2.13. The number of hydrogen-bond acceptors (Lipinski definition) is 4. The fourth-order valence-electron chi connectivity index (χ4n) is 2.14. The van der Waals surface area contributed by atoms with Crippen molar-refractivity contribution < 1.29 is 14.7 Å². The molecule has 0 bridgehead atoms. The first-order chi connectivity index (χ1) is 10.2. The molecule has 0 atom stereocenters. The zero-order chi connectivity index (χ0) is 14.8. The number of hydrogen-bond donors (Lipinski definition) is 1. The molecule has 0 aliphatic heterocycles. The van der Waals surface area contributed by atoms with Gasteiger partial charge >= 0.3 is 5.97 Å². The van der Waals surface area contributed by atoms with Crippen LogP contribution in [0.3, 0.4) is 0 Å². The van der Waals surface area contributed by atoms with Crippen LogP contribution in [-0.2, 0) is 0 Å². The minimum atomic E-state index is -1.04. The second-order valence-corrected chi connectivity index (χ2v) is 4.47. The van der Waals surface area contributed by atoms with Crippen LogP contribution in [-0.4, -0.2) is 27.3 Å². The van der Waals surface area contributed by atoms with E-state index < -0.39 is 5.97 Å². The molecule has 0 fully saturated rings. The standard InChI is InChI=1S/C16H10N2O3/c19-9-10-4-5-11-12(16(20)21)8-15(18-14(11)7-10)13-3-1-2-6-17-13/h1-9H,(H,20,21). The lowest BCUT2D eigenvalue weighted by atomic mass is 10.0. The third-order valence-electron chi connectivity index (χ3n) is 3.13. The Hall–Kier alpha value is -3.08. The van der Waals surface area contributed by atoms with Crippen molar-refractivity contribution in [3.8, 4) is 11.4 Å². The van der Waals surface area contributed by atoms with Crippen molar-refractivity contribution in [1.82, 2.24) is 9.97 Å². The van der Waals surface area contributed by atoms with Crippen LogP contribution >= 0.6 is 0 Å². The normalized spacial score (nSPS) is 10.5. The molecular formula is C16H10N2O3. The number of aromatic nitrogens is 2. The SMILES string of the molecule is O=Cc1ccc2c(C(=O)O)cc(-c3ccccn3)nc2c1. The molecule has 1 aromatic carbocycles. The molecule has 0 saturated heterocycles. The van der Waals surface area contributed by atoms with Crippen LogP contribution in [0.1, 0.15) is 20.7 Å². The Morgan fingerprint density at radius 1 is 1.10 bits per heavy atom. The summed E-state index contributed by atoms with van der Waals surface area (Å²) in [4.78, 5) is 30.9. The van der Waals surface area contributed by atoms with Crippen molar-refractivity contribution in [2.45, 2.75) is 0 Å². The van der Waals surface area contributed by atoms with Gasteiger partial charge in [0.25, 0.3) is 0 Å². The monoisotopic (exact) mass is 278 g/mol. The molecule has 0 saturated carbocycles. The van der Waals surface area contributed by atoms with Gasteiger partial charge < -0.3 is 5.11 Å². The number of carbonyl (C=O) groups is 2. The van der Waals surface area contributed by atoms with Crippen molar-refractivity contribution in [2.24, 2.45) is 0 Å². The van der Waals surface area contributed by atoms with Gasteiger partial charge in [-0.2, -0.15) is 0 Å². The fourth-order valence-corrected chi connectivity index (χ4v) is 2.14. The van der Waals surface area contributed by atoms with Gasteiger partial charge in [0.05, 0.1) is 22.5 Å². The molecule has 5 nitrogen and oxygen atoms in total. The Bertz CT molecular complexity index is 845. The van der Waals surface area contributed by atoms with Crippen LogP contribution in [0.5, 0.6) is 0 Å². The average Bonchev–Trinajstić information content (AvgIpc) is 2.53. The summed E-state index contributed by atoms with van der Waals surface area (Å²) >= 11 is 0. The van der Waals surface area contributed by atoms with Gasteiger partial charge in [-0.05, 0) is 24.3 Å². The minimum Gasteiger partial charge on any atom is -0.478 e. The number of carboxylic acid groups (broad SMARTS) is 1. The molecule has 2 aromatic heterocycles. The lowest BCUT2D eigenvalue weighted by Crippen LogP contribution is -2.01. The maximum absolute atomic E-state index is 11.4. The number of aromatic carboxylic acids is 1. The van der Waals surface area contributed by atoms with Gasteiger partial charge in [-0.25, -0.2) is 9.78 Å². The summed E-state index contributed by atoms with van der Waals surface area (Å²) in [5.41, 5.74) is 2.09. The smallest absolute Gasteiger partial charge is 0.336 e. The van der Waals surface area contributed by atoms with Crippen molar-refractivity contribution >= 4 is 23.2 Å². The zero-order valence-electron chi connectivity index (χ0n) is 10.9. The summed E-state index contributed by atoms with van der Waals surface area (Å²) in [7, 11) is 0. The quantitative estimate of drug-likeness (QED) is 0.745. The van der Waals surface area contributed by atoms with Gasteiger partial charge in [-0.1, -0.05) is 18.2 Å². The lowest BCUT2D eigenvalue weighted by Gasteiger charge is -2.07. The number of carbonyl (C=O) groups excluding carboxylic acids is 1. The van der Waals surface area contributed by atoms with Crippen LogP contribution in [0.25, 0.3) is 22.3 Å². The molecule has 3 rings (SSSR count). The van der Waals surface area contributed by atoms with E-state index in [2.05, 4.69) is 9.97 Å². The second-order valence-electron chi connectivity index (χ2n) is 4.47. The molecule has 0 aliphatic rings. The summed E-state index contributed by atoms with van der Waals surface area (Å²) in [5.74, 6) is -1.04. The van der Waals surface area contributed by atoms with Gasteiger partial charge in [-0.15, -0.1) is 0 Å². The van der Waals surface area contributed by atoms with Crippen LogP contribution in [0.4, 0.5) is 0 Å². The maximum Gasteiger partial charge on any atom is 0.336 e. The third-order valence-corrected chi connectivity index (χ3v) is 3.13. The van der Waals surface area contributed by atoms with Crippen LogP contribution in [0, 0.1) is 0 Å². The van der Waals surface area contributed by atoms with Gasteiger partial charge in [0.2, 0.25) is 0 Å². The Morgan fingerprint density at radius 3 is 2.62 bits per heavy atom. The Morgan fingerprint density at radius 2 is 1.95 bits per heavy atom. The van der Waals surface area contributed by atoms with E-state index in [-0.39, 0.29) is 5.56 Å². The van der Waals surface area contributed by atoms with E-state index >= 15 is 0 Å². The number of carboxylic acids is 1. The highest BCUT2D eigenvalue weighted by molar-refractivity contribution is 6.04. The molecule has 0 spiro atoms. The summed E-state index contributed by atoms with van der Waals surface area (Å²) < 4.78 is 0. The number of benzene rings is 1. The molecule has 5 heteroatoms. The highest BCUT2D eigenvalue weighted by Crippen LogP contribution is 2.24. The predicted molar refractivity (Wildman–Crippen MR) is 77.3 cm³/mol. The van der Waals surface area contributed by atoms with E-state index in [0.717, 1.165) is 0 Å². The summed E-state index contributed by atoms with van der Waals surface area (Å²) in [6, 6.07) is 11.6. The van der Waals surface area contributed by atoms with Gasteiger partial charge in [0.1, 0.15) is 6.29 Å². The molecule has 2 heterocycles. The maximum atomic E-state index is 11.4. The summed E-state index contributed by atoms with van der Waals surface area (Å²) in [6.45, 7) is 0. The third kappa shape index (κ3) is 2.36. The van der Waals surface area contributed by atoms with Crippen molar-refractivity contribution in [2.75, 3.05) is 0 Å². The molecule has 21 heavy (non-hydrogen) atoms. The molecule has 0 aliphatic carbocycles. The van der Waals surface area contributed by atoms with E-state index in [9.17, 15) is 14.7 Å². The van der Waals surface area contributed by atoms with E-state index in [1.807, 2.05) is 0 Å². The number of fused-ring (bicyclic) bond motifs is 1. The number of rotatable bonds is 3. The fraction of sp³-hybridized carbons (Fsp3) is 0. The first-order valence-corrected chi connectivity index (χ1v) is 6.24. The van der Waals surface area contributed by atoms with E-state index in [0.29, 0.717) is 34.1 Å². The Balaban J connectivity index is 2.32. The van der Waals surface area contributed by atoms with Gasteiger partial charge in [0.15, 0.2) is 0 Å². The van der Waals surface area contributed by atoms with Gasteiger partial charge in [-0.3, -0.25) is 9.78 Å². The molecule has 0 amide bonds. The Kier molecular flexibility index (Phi) is 3.16. The molecule has 3 aromatic rings. The number of nitrogens with zero attached hydrogens (tertiary/aromatic N) is 2. The molecule has 1 N–H and O–H groups in total. The topological polar surface area (TPSA) is 80.2 Å². The molecule has 0 unspecified atom stereocenters. The molecular weight excluding hydrogens is 268 g/mol. The van der Waals surface area contributed by atoms with Crippen LogP contribution in [0.2, 0.25) is 0 Å². The van der Waals surface area contributed by atoms with Crippen molar-refractivity contribution in [1.29, 1.82) is 0 Å². The van der Waals surface area contributed by atoms with Crippen LogP contribution < -0.4 is 0 Å². The summed E-state index contributed by atoms with van der Waals surface area (Å²) in [5, 5.41) is 9.86. The largest absolute Gasteiger partial charge is 0.478 e. The van der Waals surface area contributed by atoms with E-state index in [1.165, 1.54) is 6.07 Å². The van der Waals surface area contributed by atoms with Gasteiger partial charge in [0, 0.05) is 17.1 Å². The van der Waals surface area contributed by atoms with E-state index in [4.69, 9.17) is 0 Å². The molecule has 0 radical (unpaired) electrons. The highest BCUT2D eigenvalue weighted by atomic mass is 16.4.